The molecule has 1 aliphatic heterocycles. The van der Waals surface area contributed by atoms with Crippen LogP contribution in [-0.2, 0) is 22.8 Å². The largest absolute Gasteiger partial charge is 0.455 e. The van der Waals surface area contributed by atoms with E-state index in [-0.39, 0.29) is 5.88 Å². The molecule has 4 rings (SSSR count). The number of fused-ring (bicyclic) bond motifs is 1. The Labute approximate surface area is 162 Å². The van der Waals surface area contributed by atoms with Gasteiger partial charge in [-0.1, -0.05) is 41.9 Å². The maximum absolute atomic E-state index is 6.21. The number of pyridine rings is 1. The van der Waals surface area contributed by atoms with Crippen LogP contribution in [0, 0.1) is 0 Å². The number of hydrogen-bond donors (Lipinski definition) is 0. The Kier molecular flexibility index (Phi) is 4.62. The molecule has 3 nitrogen and oxygen atoms in total. The predicted molar refractivity (Wildman–Crippen MR) is 103 cm³/mol. The molecule has 132 valence electrons. The summed E-state index contributed by atoms with van der Waals surface area (Å²) in [6.45, 7) is 2.47. The second-order valence-corrected chi connectivity index (χ2v) is 7.01. The highest BCUT2D eigenvalue weighted by molar-refractivity contribution is 6.30. The Balaban J connectivity index is 1.81. The average molecular weight is 386 g/mol. The topological polar surface area (TPSA) is 31.4 Å². The van der Waals surface area contributed by atoms with E-state index >= 15 is 0 Å². The zero-order valence-corrected chi connectivity index (χ0v) is 15.7. The number of aromatic nitrogens is 1. The molecular weight excluding hydrogens is 369 g/mol. The third kappa shape index (κ3) is 2.96. The van der Waals surface area contributed by atoms with Crippen LogP contribution in [0.5, 0.6) is 11.5 Å². The zero-order chi connectivity index (χ0) is 18.1. The van der Waals surface area contributed by atoms with E-state index in [1.807, 2.05) is 67.7 Å². The van der Waals surface area contributed by atoms with Crippen molar-refractivity contribution in [2.24, 2.45) is 0 Å². The normalized spacial score (nSPS) is 18.6. The van der Waals surface area contributed by atoms with Gasteiger partial charge in [0.2, 0.25) is 0 Å². The molecule has 3 aromatic rings. The minimum atomic E-state index is -0.605. The van der Waals surface area contributed by atoms with Crippen molar-refractivity contribution >= 4 is 23.2 Å². The van der Waals surface area contributed by atoms with Crippen LogP contribution in [0.2, 0.25) is 5.02 Å². The molecule has 0 fully saturated rings. The predicted octanol–water partition coefficient (Wildman–Crippen LogP) is 6.06. The van der Waals surface area contributed by atoms with E-state index in [1.165, 1.54) is 0 Å². The Morgan fingerprint density at radius 3 is 2.54 bits per heavy atom. The van der Waals surface area contributed by atoms with Gasteiger partial charge in [-0.15, -0.1) is 11.6 Å². The van der Waals surface area contributed by atoms with Crippen molar-refractivity contribution in [3.8, 4) is 11.5 Å². The fourth-order valence-electron chi connectivity index (χ4n) is 3.25. The molecule has 1 unspecified atom stereocenters. The highest BCUT2D eigenvalue weighted by atomic mass is 35.5. The molecule has 1 atom stereocenters. The molecule has 26 heavy (non-hydrogen) atoms. The number of rotatable bonds is 4. The number of halogens is 2. The van der Waals surface area contributed by atoms with Gasteiger partial charge < -0.3 is 9.47 Å². The Morgan fingerprint density at radius 1 is 1.12 bits per heavy atom. The van der Waals surface area contributed by atoms with Crippen LogP contribution in [0.15, 0.2) is 60.8 Å². The monoisotopic (exact) mass is 385 g/mol. The molecule has 0 spiro atoms. The Bertz CT molecular complexity index is 929. The van der Waals surface area contributed by atoms with Crippen LogP contribution in [0.1, 0.15) is 29.3 Å². The van der Waals surface area contributed by atoms with Gasteiger partial charge in [-0.05, 0) is 36.8 Å². The summed E-state index contributed by atoms with van der Waals surface area (Å²) in [4.78, 5) is 4.54. The summed E-state index contributed by atoms with van der Waals surface area (Å²) in [5.74, 6) is 1.70. The fraction of sp³-hybridized carbons (Fsp3) is 0.190. The van der Waals surface area contributed by atoms with E-state index in [2.05, 4.69) is 4.98 Å². The molecule has 0 aliphatic carbocycles. The van der Waals surface area contributed by atoms with Crippen molar-refractivity contribution in [2.75, 3.05) is 0 Å². The SMILES string of the molecule is CC1(c2ccc(Cl)cc2)OCc2c1cnc(CCl)c2Oc1ccccc1. The van der Waals surface area contributed by atoms with Gasteiger partial charge in [-0.3, -0.25) is 4.98 Å². The molecule has 0 saturated heterocycles. The molecular formula is C21H17Cl2NO2. The minimum absolute atomic E-state index is 0.271. The maximum Gasteiger partial charge on any atom is 0.156 e. The summed E-state index contributed by atoms with van der Waals surface area (Å²) < 4.78 is 12.4. The lowest BCUT2D eigenvalue weighted by Gasteiger charge is -2.25. The Morgan fingerprint density at radius 2 is 1.85 bits per heavy atom. The number of alkyl halides is 1. The van der Waals surface area contributed by atoms with Crippen LogP contribution in [0.4, 0.5) is 0 Å². The minimum Gasteiger partial charge on any atom is -0.455 e. The quantitative estimate of drug-likeness (QED) is 0.511. The van der Waals surface area contributed by atoms with Gasteiger partial charge in [-0.2, -0.15) is 0 Å². The number of nitrogens with zero attached hydrogens (tertiary/aromatic N) is 1. The first-order valence-electron chi connectivity index (χ1n) is 8.32. The van der Waals surface area contributed by atoms with Crippen LogP contribution >= 0.6 is 23.2 Å². The molecule has 2 heterocycles. The molecule has 0 radical (unpaired) electrons. The molecule has 2 aromatic carbocycles. The van der Waals surface area contributed by atoms with Crippen molar-refractivity contribution in [3.05, 3.63) is 88.2 Å². The smallest absolute Gasteiger partial charge is 0.156 e. The third-order valence-electron chi connectivity index (χ3n) is 4.71. The molecule has 0 bridgehead atoms. The van der Waals surface area contributed by atoms with Crippen molar-refractivity contribution in [3.63, 3.8) is 0 Å². The first-order chi connectivity index (χ1) is 12.6. The summed E-state index contributed by atoms with van der Waals surface area (Å²) in [5.41, 5.74) is 3.09. The number of benzene rings is 2. The van der Waals surface area contributed by atoms with E-state index in [1.54, 1.807) is 0 Å². The first-order valence-corrected chi connectivity index (χ1v) is 9.23. The van der Waals surface area contributed by atoms with Crippen LogP contribution in [-0.4, -0.2) is 4.98 Å². The van der Waals surface area contributed by atoms with Gasteiger partial charge in [0.15, 0.2) is 5.75 Å². The zero-order valence-electron chi connectivity index (χ0n) is 14.2. The van der Waals surface area contributed by atoms with E-state index in [4.69, 9.17) is 32.7 Å². The Hall–Kier alpha value is -2.07. The van der Waals surface area contributed by atoms with E-state index in [0.29, 0.717) is 23.1 Å². The lowest BCUT2D eigenvalue weighted by Crippen LogP contribution is -2.22. The number of ether oxygens (including phenoxy) is 2. The number of hydrogen-bond acceptors (Lipinski definition) is 3. The highest BCUT2D eigenvalue weighted by Crippen LogP contribution is 2.46. The van der Waals surface area contributed by atoms with Crippen molar-refractivity contribution in [1.82, 2.24) is 4.98 Å². The maximum atomic E-state index is 6.21. The first kappa shape index (κ1) is 17.3. The van der Waals surface area contributed by atoms with Crippen molar-refractivity contribution in [2.45, 2.75) is 25.0 Å². The second-order valence-electron chi connectivity index (χ2n) is 6.30. The number of para-hydroxylation sites is 1. The molecule has 0 amide bonds. The fourth-order valence-corrected chi connectivity index (χ4v) is 3.57. The van der Waals surface area contributed by atoms with Gasteiger partial charge in [0.05, 0.1) is 18.2 Å². The highest BCUT2D eigenvalue weighted by Gasteiger charge is 2.40. The lowest BCUT2D eigenvalue weighted by atomic mass is 9.88. The average Bonchev–Trinajstić information content (AvgIpc) is 3.02. The van der Waals surface area contributed by atoms with Gasteiger partial charge >= 0.3 is 0 Å². The molecule has 5 heteroatoms. The summed E-state index contributed by atoms with van der Waals surface area (Å²) in [7, 11) is 0. The standard InChI is InChI=1S/C21H17Cl2NO2/c1-21(14-7-9-15(23)10-8-14)18-12-24-19(11-22)20(17(18)13-25-21)26-16-5-3-2-4-6-16/h2-10,12H,11,13H2,1H3. The summed E-state index contributed by atoms with van der Waals surface area (Å²) in [5, 5.41) is 0.694. The van der Waals surface area contributed by atoms with Gasteiger partial charge in [0, 0.05) is 22.3 Å². The van der Waals surface area contributed by atoms with Crippen molar-refractivity contribution < 1.29 is 9.47 Å². The summed E-state index contributed by atoms with van der Waals surface area (Å²) in [6.07, 6.45) is 1.84. The van der Waals surface area contributed by atoms with E-state index < -0.39 is 5.60 Å². The summed E-state index contributed by atoms with van der Waals surface area (Å²) in [6, 6.07) is 17.3. The van der Waals surface area contributed by atoms with Crippen LogP contribution in [0.3, 0.4) is 0 Å². The van der Waals surface area contributed by atoms with Crippen LogP contribution in [0.25, 0.3) is 0 Å². The van der Waals surface area contributed by atoms with Gasteiger partial charge in [-0.25, -0.2) is 0 Å². The second kappa shape index (κ2) is 6.92. The molecule has 1 aromatic heterocycles. The molecule has 1 aliphatic rings. The third-order valence-corrected chi connectivity index (χ3v) is 5.22. The molecule has 0 saturated carbocycles. The molecule has 0 N–H and O–H groups in total. The van der Waals surface area contributed by atoms with E-state index in [0.717, 1.165) is 22.4 Å². The van der Waals surface area contributed by atoms with E-state index in [9.17, 15) is 0 Å². The van der Waals surface area contributed by atoms with Crippen LogP contribution < -0.4 is 4.74 Å². The van der Waals surface area contributed by atoms with Gasteiger partial charge in [0.1, 0.15) is 11.4 Å². The summed E-state index contributed by atoms with van der Waals surface area (Å²) >= 11 is 12.1. The van der Waals surface area contributed by atoms with Gasteiger partial charge in [0.25, 0.3) is 0 Å². The van der Waals surface area contributed by atoms with Crippen molar-refractivity contribution in [1.29, 1.82) is 0 Å². The lowest BCUT2D eigenvalue weighted by molar-refractivity contribution is 0.00938.